The molecule has 0 aliphatic carbocycles. The third-order valence-electron chi connectivity index (χ3n) is 2.07. The molecule has 0 saturated carbocycles. The number of halogens is 1. The van der Waals surface area contributed by atoms with Crippen LogP contribution in [0.5, 0.6) is 11.5 Å². The second kappa shape index (κ2) is 4.72. The maximum Gasteiger partial charge on any atom is 0.216 e. The van der Waals surface area contributed by atoms with Crippen LogP contribution in [-0.2, 0) is 6.61 Å². The minimum Gasteiger partial charge on any atom is -0.457 e. The van der Waals surface area contributed by atoms with Crippen LogP contribution in [0.3, 0.4) is 0 Å². The molecular weight excluding hydrogens is 209 g/mol. The molecule has 0 aliphatic rings. The van der Waals surface area contributed by atoms with Gasteiger partial charge in [0.1, 0.15) is 11.5 Å². The van der Waals surface area contributed by atoms with Gasteiger partial charge in [0.15, 0.2) is 0 Å². The number of aliphatic hydroxyl groups is 1. The highest BCUT2D eigenvalue weighted by atomic mass is 19.1. The molecule has 2 aromatic rings. The predicted molar refractivity (Wildman–Crippen MR) is 56.6 cm³/mol. The SMILES string of the molecule is OCc1ccccc1Oc1ccnc(F)c1. The van der Waals surface area contributed by atoms with Gasteiger partial charge in [-0.25, -0.2) is 4.98 Å². The Kier molecular flexibility index (Phi) is 3.12. The molecule has 82 valence electrons. The maximum atomic E-state index is 12.8. The summed E-state index contributed by atoms with van der Waals surface area (Å²) in [5.41, 5.74) is 0.653. The number of rotatable bonds is 3. The Morgan fingerprint density at radius 3 is 2.81 bits per heavy atom. The van der Waals surface area contributed by atoms with Crippen molar-refractivity contribution in [1.82, 2.24) is 4.98 Å². The van der Waals surface area contributed by atoms with Gasteiger partial charge in [-0.15, -0.1) is 0 Å². The summed E-state index contributed by atoms with van der Waals surface area (Å²) in [5, 5.41) is 9.08. The molecule has 0 bridgehead atoms. The zero-order chi connectivity index (χ0) is 11.4. The predicted octanol–water partition coefficient (Wildman–Crippen LogP) is 2.51. The van der Waals surface area contributed by atoms with Crippen LogP contribution in [0, 0.1) is 5.95 Å². The van der Waals surface area contributed by atoms with Gasteiger partial charge in [-0.05, 0) is 12.1 Å². The fourth-order valence-electron chi connectivity index (χ4n) is 1.31. The zero-order valence-electron chi connectivity index (χ0n) is 8.43. The summed E-state index contributed by atoms with van der Waals surface area (Å²) in [4.78, 5) is 3.43. The van der Waals surface area contributed by atoms with Crippen LogP contribution in [0.4, 0.5) is 4.39 Å². The zero-order valence-corrected chi connectivity index (χ0v) is 8.43. The van der Waals surface area contributed by atoms with Crippen molar-refractivity contribution in [1.29, 1.82) is 0 Å². The van der Waals surface area contributed by atoms with Crippen molar-refractivity contribution in [2.24, 2.45) is 0 Å². The third-order valence-corrected chi connectivity index (χ3v) is 2.07. The first-order valence-corrected chi connectivity index (χ1v) is 4.78. The van der Waals surface area contributed by atoms with E-state index < -0.39 is 5.95 Å². The van der Waals surface area contributed by atoms with E-state index in [1.807, 2.05) is 0 Å². The molecule has 16 heavy (non-hydrogen) atoms. The number of para-hydroxylation sites is 1. The van der Waals surface area contributed by atoms with Crippen LogP contribution in [0.15, 0.2) is 42.6 Å². The highest BCUT2D eigenvalue weighted by Gasteiger charge is 2.03. The van der Waals surface area contributed by atoms with Crippen molar-refractivity contribution in [2.75, 3.05) is 0 Å². The van der Waals surface area contributed by atoms with Crippen LogP contribution < -0.4 is 4.74 Å². The number of pyridine rings is 1. The molecular formula is C12H10FNO2. The molecule has 0 radical (unpaired) electrons. The molecule has 1 aromatic heterocycles. The van der Waals surface area contributed by atoms with Crippen molar-refractivity contribution in [3.63, 3.8) is 0 Å². The number of hydrogen-bond acceptors (Lipinski definition) is 3. The van der Waals surface area contributed by atoms with E-state index in [1.54, 1.807) is 30.3 Å². The first-order chi connectivity index (χ1) is 7.79. The smallest absolute Gasteiger partial charge is 0.216 e. The highest BCUT2D eigenvalue weighted by molar-refractivity contribution is 5.36. The van der Waals surface area contributed by atoms with Crippen molar-refractivity contribution >= 4 is 0 Å². The van der Waals surface area contributed by atoms with Crippen molar-refractivity contribution in [3.05, 3.63) is 54.1 Å². The largest absolute Gasteiger partial charge is 0.457 e. The molecule has 1 N–H and O–H groups in total. The average molecular weight is 219 g/mol. The van der Waals surface area contributed by atoms with Gasteiger partial charge in [0.05, 0.1) is 6.61 Å². The highest BCUT2D eigenvalue weighted by Crippen LogP contribution is 2.24. The second-order valence-electron chi connectivity index (χ2n) is 3.18. The van der Waals surface area contributed by atoms with Crippen LogP contribution in [0.1, 0.15) is 5.56 Å². The summed E-state index contributed by atoms with van der Waals surface area (Å²) in [7, 11) is 0. The van der Waals surface area contributed by atoms with Gasteiger partial charge in [0.2, 0.25) is 5.95 Å². The quantitative estimate of drug-likeness (QED) is 0.806. The van der Waals surface area contributed by atoms with E-state index in [0.717, 1.165) is 0 Å². The lowest BCUT2D eigenvalue weighted by atomic mass is 10.2. The lowest BCUT2D eigenvalue weighted by Gasteiger charge is -2.08. The van der Waals surface area contributed by atoms with Crippen molar-refractivity contribution < 1.29 is 14.2 Å². The standard InChI is InChI=1S/C12H10FNO2/c13-12-7-10(5-6-14-12)16-11-4-2-1-3-9(11)8-15/h1-7,15H,8H2. The summed E-state index contributed by atoms with van der Waals surface area (Å²) in [6.45, 7) is -0.121. The normalized spacial score (nSPS) is 10.1. The minimum atomic E-state index is -0.598. The van der Waals surface area contributed by atoms with Crippen molar-refractivity contribution in [3.8, 4) is 11.5 Å². The van der Waals surface area contributed by atoms with Crippen LogP contribution in [0.2, 0.25) is 0 Å². The summed E-state index contributed by atoms with van der Waals surface area (Å²) < 4.78 is 18.3. The molecule has 0 aliphatic heterocycles. The first kappa shape index (κ1) is 10.6. The fraction of sp³-hybridized carbons (Fsp3) is 0.0833. The summed E-state index contributed by atoms with van der Waals surface area (Å²) >= 11 is 0. The molecule has 0 atom stereocenters. The molecule has 0 fully saturated rings. The van der Waals surface area contributed by atoms with Crippen LogP contribution in [-0.4, -0.2) is 10.1 Å². The van der Waals surface area contributed by atoms with Crippen LogP contribution in [0.25, 0.3) is 0 Å². The molecule has 1 heterocycles. The van der Waals surface area contributed by atoms with E-state index in [0.29, 0.717) is 17.1 Å². The van der Waals surface area contributed by atoms with E-state index >= 15 is 0 Å². The molecule has 2 rings (SSSR count). The Labute approximate surface area is 92.1 Å². The van der Waals surface area contributed by atoms with Gasteiger partial charge < -0.3 is 9.84 Å². The number of benzene rings is 1. The summed E-state index contributed by atoms with van der Waals surface area (Å²) in [5.74, 6) is 0.267. The molecule has 0 saturated heterocycles. The Morgan fingerprint density at radius 1 is 1.25 bits per heavy atom. The lowest BCUT2D eigenvalue weighted by molar-refractivity contribution is 0.276. The van der Waals surface area contributed by atoms with Gasteiger partial charge in [-0.1, -0.05) is 18.2 Å². The van der Waals surface area contributed by atoms with Gasteiger partial charge in [-0.2, -0.15) is 4.39 Å². The molecule has 1 aromatic carbocycles. The van der Waals surface area contributed by atoms with E-state index in [-0.39, 0.29) is 6.61 Å². The van der Waals surface area contributed by atoms with Crippen LogP contribution >= 0.6 is 0 Å². The van der Waals surface area contributed by atoms with E-state index in [9.17, 15) is 4.39 Å². The first-order valence-electron chi connectivity index (χ1n) is 4.78. The van der Waals surface area contributed by atoms with Gasteiger partial charge in [0, 0.05) is 17.8 Å². The van der Waals surface area contributed by atoms with Crippen molar-refractivity contribution in [2.45, 2.75) is 6.61 Å². The number of aromatic nitrogens is 1. The molecule has 0 amide bonds. The third kappa shape index (κ3) is 2.35. The maximum absolute atomic E-state index is 12.8. The molecule has 4 heteroatoms. The van der Waals surface area contributed by atoms with E-state index in [1.165, 1.54) is 12.3 Å². The lowest BCUT2D eigenvalue weighted by Crippen LogP contribution is -1.92. The van der Waals surface area contributed by atoms with Gasteiger partial charge in [-0.3, -0.25) is 0 Å². The Bertz CT molecular complexity index is 488. The Hall–Kier alpha value is -1.94. The summed E-state index contributed by atoms with van der Waals surface area (Å²) in [6, 6.07) is 9.78. The van der Waals surface area contributed by atoms with Gasteiger partial charge in [0.25, 0.3) is 0 Å². The van der Waals surface area contributed by atoms with Gasteiger partial charge >= 0.3 is 0 Å². The number of ether oxygens (including phenoxy) is 1. The topological polar surface area (TPSA) is 42.4 Å². The minimum absolute atomic E-state index is 0.121. The Balaban J connectivity index is 2.26. The number of nitrogens with zero attached hydrogens (tertiary/aromatic N) is 1. The Morgan fingerprint density at radius 2 is 2.06 bits per heavy atom. The molecule has 3 nitrogen and oxygen atoms in total. The monoisotopic (exact) mass is 219 g/mol. The summed E-state index contributed by atoms with van der Waals surface area (Å²) in [6.07, 6.45) is 1.33. The number of hydrogen-bond donors (Lipinski definition) is 1. The average Bonchev–Trinajstić information content (AvgIpc) is 2.30. The second-order valence-corrected chi connectivity index (χ2v) is 3.18. The fourth-order valence-corrected chi connectivity index (χ4v) is 1.31. The van der Waals surface area contributed by atoms with E-state index in [4.69, 9.17) is 9.84 Å². The molecule has 0 unspecified atom stereocenters. The molecule has 0 spiro atoms. The number of aliphatic hydroxyl groups excluding tert-OH is 1. The van der Waals surface area contributed by atoms with E-state index in [2.05, 4.69) is 4.98 Å².